The number of aromatic amines is 1. The van der Waals surface area contributed by atoms with Crippen LogP contribution in [0.3, 0.4) is 0 Å². The van der Waals surface area contributed by atoms with Crippen LogP contribution in [0.25, 0.3) is 10.9 Å². The van der Waals surface area contributed by atoms with Gasteiger partial charge in [-0.3, -0.25) is 0 Å². The zero-order valence-corrected chi connectivity index (χ0v) is 11.5. The summed E-state index contributed by atoms with van der Waals surface area (Å²) in [6.07, 6.45) is 1.51. The van der Waals surface area contributed by atoms with E-state index in [4.69, 9.17) is 5.73 Å². The SMILES string of the molecule is CC(C)N(C)S(=O)(=O)c1c[nH]c2cc(N)ccc12. The lowest BCUT2D eigenvalue weighted by molar-refractivity contribution is 0.411. The van der Waals surface area contributed by atoms with E-state index < -0.39 is 10.0 Å². The van der Waals surface area contributed by atoms with Gasteiger partial charge in [0.05, 0.1) is 0 Å². The molecule has 0 saturated carbocycles. The summed E-state index contributed by atoms with van der Waals surface area (Å²) in [7, 11) is -1.89. The van der Waals surface area contributed by atoms with Crippen LogP contribution in [0.15, 0.2) is 29.3 Å². The van der Waals surface area contributed by atoms with E-state index in [1.807, 2.05) is 13.8 Å². The molecule has 0 saturated heterocycles. The molecule has 0 fully saturated rings. The molecule has 6 heteroatoms. The summed E-state index contributed by atoms with van der Waals surface area (Å²) < 4.78 is 26.2. The second kappa shape index (κ2) is 4.29. The second-order valence-corrected chi connectivity index (χ2v) is 6.54. The summed E-state index contributed by atoms with van der Waals surface area (Å²) in [4.78, 5) is 3.23. The third-order valence-corrected chi connectivity index (χ3v) is 5.13. The summed E-state index contributed by atoms with van der Waals surface area (Å²) in [5, 5.41) is 0.664. The molecule has 1 aromatic heterocycles. The van der Waals surface area contributed by atoms with Crippen LogP contribution in [0, 0.1) is 0 Å². The van der Waals surface area contributed by atoms with Crippen LogP contribution in [0.1, 0.15) is 13.8 Å². The largest absolute Gasteiger partial charge is 0.399 e. The van der Waals surface area contributed by atoms with Crippen molar-refractivity contribution in [1.82, 2.24) is 9.29 Å². The number of nitrogens with zero attached hydrogens (tertiary/aromatic N) is 1. The Morgan fingerprint density at radius 1 is 1.33 bits per heavy atom. The number of H-pyrrole nitrogens is 1. The molecule has 0 radical (unpaired) electrons. The van der Waals surface area contributed by atoms with Gasteiger partial charge in [-0.1, -0.05) is 0 Å². The fraction of sp³-hybridized carbons (Fsp3) is 0.333. The second-order valence-electron chi connectivity index (χ2n) is 4.57. The Morgan fingerprint density at radius 3 is 2.61 bits per heavy atom. The predicted molar refractivity (Wildman–Crippen MR) is 72.8 cm³/mol. The molecular weight excluding hydrogens is 250 g/mol. The minimum absolute atomic E-state index is 0.0891. The van der Waals surface area contributed by atoms with Crippen LogP contribution in [-0.4, -0.2) is 30.8 Å². The van der Waals surface area contributed by atoms with E-state index in [-0.39, 0.29) is 10.9 Å². The van der Waals surface area contributed by atoms with Crippen molar-refractivity contribution < 1.29 is 8.42 Å². The highest BCUT2D eigenvalue weighted by Crippen LogP contribution is 2.27. The molecule has 0 unspecified atom stereocenters. The number of nitrogen functional groups attached to an aromatic ring is 1. The number of hydrogen-bond donors (Lipinski definition) is 2. The molecule has 0 aliphatic heterocycles. The Bertz CT molecular complexity index is 674. The molecule has 0 bridgehead atoms. The molecule has 18 heavy (non-hydrogen) atoms. The highest BCUT2D eigenvalue weighted by Gasteiger charge is 2.25. The average molecular weight is 267 g/mol. The van der Waals surface area contributed by atoms with E-state index in [0.717, 1.165) is 5.52 Å². The van der Waals surface area contributed by atoms with Crippen molar-refractivity contribution in [2.45, 2.75) is 24.8 Å². The van der Waals surface area contributed by atoms with E-state index in [1.165, 1.54) is 10.5 Å². The molecule has 0 aliphatic rings. The van der Waals surface area contributed by atoms with Crippen LogP contribution in [0.2, 0.25) is 0 Å². The fourth-order valence-electron chi connectivity index (χ4n) is 1.76. The molecule has 98 valence electrons. The zero-order valence-electron chi connectivity index (χ0n) is 10.6. The Hall–Kier alpha value is -1.53. The molecule has 0 aliphatic carbocycles. The summed E-state index contributed by atoms with van der Waals surface area (Å²) in [5.41, 5.74) is 7.00. The fourth-order valence-corrected chi connectivity index (χ4v) is 3.29. The maximum atomic E-state index is 12.4. The predicted octanol–water partition coefficient (Wildman–Crippen LogP) is 1.78. The van der Waals surface area contributed by atoms with Gasteiger partial charge in [0.1, 0.15) is 4.90 Å². The molecule has 0 atom stereocenters. The number of hydrogen-bond acceptors (Lipinski definition) is 3. The summed E-state index contributed by atoms with van der Waals surface area (Å²) >= 11 is 0. The lowest BCUT2D eigenvalue weighted by Gasteiger charge is -2.20. The smallest absolute Gasteiger partial charge is 0.245 e. The minimum atomic E-state index is -3.47. The Balaban J connectivity index is 2.62. The van der Waals surface area contributed by atoms with Crippen molar-refractivity contribution in [3.8, 4) is 0 Å². The van der Waals surface area contributed by atoms with E-state index in [9.17, 15) is 8.42 Å². The number of nitrogens with one attached hydrogen (secondary N) is 1. The van der Waals surface area contributed by atoms with Gasteiger partial charge < -0.3 is 10.7 Å². The maximum absolute atomic E-state index is 12.4. The lowest BCUT2D eigenvalue weighted by Crippen LogP contribution is -2.32. The summed E-state index contributed by atoms with van der Waals surface area (Å²) in [6, 6.07) is 5.06. The van der Waals surface area contributed by atoms with Gasteiger partial charge in [0.2, 0.25) is 10.0 Å². The number of anilines is 1. The Morgan fingerprint density at radius 2 is 2.00 bits per heavy atom. The topological polar surface area (TPSA) is 79.2 Å². The van der Waals surface area contributed by atoms with E-state index in [1.54, 1.807) is 25.2 Å². The molecule has 5 nitrogen and oxygen atoms in total. The number of sulfonamides is 1. The normalized spacial score (nSPS) is 12.7. The van der Waals surface area contributed by atoms with Crippen LogP contribution >= 0.6 is 0 Å². The monoisotopic (exact) mass is 267 g/mol. The molecule has 2 rings (SSSR count). The van der Waals surface area contributed by atoms with Crippen molar-refractivity contribution in [2.75, 3.05) is 12.8 Å². The van der Waals surface area contributed by atoms with E-state index in [2.05, 4.69) is 4.98 Å². The molecule has 1 aromatic carbocycles. The standard InChI is InChI=1S/C12H17N3O2S/c1-8(2)15(3)18(16,17)12-7-14-11-6-9(13)4-5-10(11)12/h4-8,14H,13H2,1-3H3. The number of fused-ring (bicyclic) bond motifs is 1. The third-order valence-electron chi connectivity index (χ3n) is 3.05. The number of nitrogens with two attached hydrogens (primary N) is 1. The quantitative estimate of drug-likeness (QED) is 0.832. The molecule has 1 heterocycles. The zero-order chi connectivity index (χ0) is 13.5. The summed E-state index contributed by atoms with van der Waals surface area (Å²) in [5.74, 6) is 0. The van der Waals surface area contributed by atoms with Gasteiger partial charge in [0, 0.05) is 35.9 Å². The molecule has 3 N–H and O–H groups in total. The van der Waals surface area contributed by atoms with Gasteiger partial charge in [-0.2, -0.15) is 4.31 Å². The van der Waals surface area contributed by atoms with Crippen molar-refractivity contribution in [2.24, 2.45) is 0 Å². The Labute approximate surface area is 107 Å². The van der Waals surface area contributed by atoms with Gasteiger partial charge in [0.25, 0.3) is 0 Å². The van der Waals surface area contributed by atoms with Crippen LogP contribution in [-0.2, 0) is 10.0 Å². The summed E-state index contributed by atoms with van der Waals surface area (Å²) in [6.45, 7) is 3.68. The molecule has 0 spiro atoms. The highest BCUT2D eigenvalue weighted by molar-refractivity contribution is 7.89. The maximum Gasteiger partial charge on any atom is 0.245 e. The third kappa shape index (κ3) is 1.97. The van der Waals surface area contributed by atoms with E-state index in [0.29, 0.717) is 11.1 Å². The highest BCUT2D eigenvalue weighted by atomic mass is 32.2. The van der Waals surface area contributed by atoms with Crippen molar-refractivity contribution in [3.05, 3.63) is 24.4 Å². The first-order valence-electron chi connectivity index (χ1n) is 5.68. The number of aromatic nitrogens is 1. The van der Waals surface area contributed by atoms with Gasteiger partial charge >= 0.3 is 0 Å². The Kier molecular flexibility index (Phi) is 3.08. The number of rotatable bonds is 3. The van der Waals surface area contributed by atoms with Crippen molar-refractivity contribution in [3.63, 3.8) is 0 Å². The first-order valence-corrected chi connectivity index (χ1v) is 7.12. The molecular formula is C12H17N3O2S. The first-order chi connectivity index (χ1) is 8.34. The molecule has 2 aromatic rings. The van der Waals surface area contributed by atoms with Crippen LogP contribution in [0.4, 0.5) is 5.69 Å². The number of benzene rings is 1. The van der Waals surface area contributed by atoms with Gasteiger partial charge in [-0.25, -0.2) is 8.42 Å². The van der Waals surface area contributed by atoms with Gasteiger partial charge in [0.15, 0.2) is 0 Å². The first kappa shape index (κ1) is 12.9. The van der Waals surface area contributed by atoms with Gasteiger partial charge in [-0.05, 0) is 32.0 Å². The van der Waals surface area contributed by atoms with Crippen LogP contribution < -0.4 is 5.73 Å². The van der Waals surface area contributed by atoms with Crippen molar-refractivity contribution in [1.29, 1.82) is 0 Å². The average Bonchev–Trinajstić information content (AvgIpc) is 2.71. The van der Waals surface area contributed by atoms with Gasteiger partial charge in [-0.15, -0.1) is 0 Å². The van der Waals surface area contributed by atoms with Crippen LogP contribution in [0.5, 0.6) is 0 Å². The van der Waals surface area contributed by atoms with Crippen molar-refractivity contribution >= 4 is 26.6 Å². The minimum Gasteiger partial charge on any atom is -0.399 e. The van der Waals surface area contributed by atoms with E-state index >= 15 is 0 Å². The molecule has 0 amide bonds. The lowest BCUT2D eigenvalue weighted by atomic mass is 10.2.